The van der Waals surface area contributed by atoms with Crippen LogP contribution in [0.4, 0.5) is 0 Å². The lowest BCUT2D eigenvalue weighted by atomic mass is 10.4. The Morgan fingerprint density at radius 1 is 1.31 bits per heavy atom. The Morgan fingerprint density at radius 3 is 2.08 bits per heavy atom. The van der Waals surface area contributed by atoms with Gasteiger partial charge in [0.25, 0.3) is 3.79 Å². The number of ether oxygens (including phenoxy) is 2. The van der Waals surface area contributed by atoms with Gasteiger partial charge in [-0.1, -0.05) is 34.8 Å². The van der Waals surface area contributed by atoms with Gasteiger partial charge in [0.2, 0.25) is 0 Å². The van der Waals surface area contributed by atoms with Crippen LogP contribution < -0.4 is 0 Å². The molecule has 0 heterocycles. The lowest BCUT2D eigenvalue weighted by Crippen LogP contribution is -2.31. The number of alkyl halides is 3. The predicted molar refractivity (Wildman–Crippen MR) is 47.9 cm³/mol. The van der Waals surface area contributed by atoms with E-state index in [1.807, 2.05) is 0 Å². The van der Waals surface area contributed by atoms with Gasteiger partial charge in [-0.15, -0.1) is 0 Å². The minimum Gasteiger partial charge on any atom is -0.466 e. The molecule has 0 amide bonds. The zero-order chi connectivity index (χ0) is 10.6. The van der Waals surface area contributed by atoms with Gasteiger partial charge in [0.05, 0.1) is 7.11 Å². The number of carbonyl (C=O) groups excluding carboxylic acids is 2. The molecule has 0 unspecified atom stereocenters. The van der Waals surface area contributed by atoms with Crippen molar-refractivity contribution in [2.45, 2.75) is 16.8 Å². The first-order valence-corrected chi connectivity index (χ1v) is 4.28. The minimum atomic E-state index is -2.18. The van der Waals surface area contributed by atoms with Crippen LogP contribution in [0.15, 0.2) is 0 Å². The highest BCUT2D eigenvalue weighted by molar-refractivity contribution is 6.75. The molecule has 0 aliphatic carbocycles. The monoisotopic (exact) mass is 248 g/mol. The van der Waals surface area contributed by atoms with Crippen LogP contribution in [0.2, 0.25) is 0 Å². The van der Waals surface area contributed by atoms with E-state index in [9.17, 15) is 9.59 Å². The van der Waals surface area contributed by atoms with Gasteiger partial charge in [0, 0.05) is 0 Å². The molecule has 0 N–H and O–H groups in total. The molecule has 0 aromatic carbocycles. The summed E-state index contributed by atoms with van der Waals surface area (Å²) in [7, 11) is 1.15. The first kappa shape index (κ1) is 12.8. The van der Waals surface area contributed by atoms with E-state index in [4.69, 9.17) is 34.8 Å². The molecule has 0 spiro atoms. The van der Waals surface area contributed by atoms with E-state index >= 15 is 0 Å². The molecule has 0 aliphatic rings. The maximum absolute atomic E-state index is 10.9. The fraction of sp³-hybridized carbons (Fsp3) is 0.667. The van der Waals surface area contributed by atoms with Gasteiger partial charge in [0.15, 0.2) is 6.10 Å². The van der Waals surface area contributed by atoms with Gasteiger partial charge in [-0.2, -0.15) is 0 Å². The fourth-order valence-electron chi connectivity index (χ4n) is 0.441. The molecule has 4 nitrogen and oxygen atoms in total. The van der Waals surface area contributed by atoms with E-state index in [1.165, 1.54) is 6.92 Å². The van der Waals surface area contributed by atoms with E-state index in [-0.39, 0.29) is 0 Å². The van der Waals surface area contributed by atoms with E-state index in [2.05, 4.69) is 9.47 Å². The summed E-state index contributed by atoms with van der Waals surface area (Å²) in [4.78, 5) is 21.6. The first-order chi connectivity index (χ1) is 5.79. The smallest absolute Gasteiger partial charge is 0.359 e. The molecule has 0 aliphatic heterocycles. The first-order valence-electron chi connectivity index (χ1n) is 3.14. The van der Waals surface area contributed by atoms with Gasteiger partial charge in [-0.3, -0.25) is 0 Å². The summed E-state index contributed by atoms with van der Waals surface area (Å²) in [6.45, 7) is 1.31. The van der Waals surface area contributed by atoms with Crippen LogP contribution in [0, 0.1) is 0 Å². The quantitative estimate of drug-likeness (QED) is 0.549. The van der Waals surface area contributed by atoms with Crippen molar-refractivity contribution >= 4 is 46.7 Å². The molecule has 0 fully saturated rings. The van der Waals surface area contributed by atoms with E-state index in [0.29, 0.717) is 0 Å². The second-order valence-corrected chi connectivity index (χ2v) is 4.35. The van der Waals surface area contributed by atoms with Crippen molar-refractivity contribution in [2.24, 2.45) is 0 Å². The molecule has 0 rings (SSSR count). The summed E-state index contributed by atoms with van der Waals surface area (Å²) in [6, 6.07) is 0. The van der Waals surface area contributed by atoms with Gasteiger partial charge in [-0.25, -0.2) is 9.59 Å². The topological polar surface area (TPSA) is 52.6 Å². The average Bonchev–Trinajstić information content (AvgIpc) is 2.01. The van der Waals surface area contributed by atoms with E-state index < -0.39 is 21.8 Å². The van der Waals surface area contributed by atoms with Crippen LogP contribution >= 0.6 is 34.8 Å². The van der Waals surface area contributed by atoms with Gasteiger partial charge in [0.1, 0.15) is 0 Å². The molecule has 0 saturated heterocycles. The zero-order valence-corrected chi connectivity index (χ0v) is 9.11. The lowest BCUT2D eigenvalue weighted by Gasteiger charge is -2.14. The van der Waals surface area contributed by atoms with E-state index in [0.717, 1.165) is 7.11 Å². The SMILES string of the molecule is COC(=O)[C@@H](C)OC(=O)C(Cl)(Cl)Cl. The van der Waals surface area contributed by atoms with Crippen molar-refractivity contribution in [1.29, 1.82) is 0 Å². The summed E-state index contributed by atoms with van der Waals surface area (Å²) >= 11 is 15.5. The number of halogens is 3. The molecule has 76 valence electrons. The maximum atomic E-state index is 10.9. The molecule has 0 saturated carbocycles. The van der Waals surface area contributed by atoms with Crippen molar-refractivity contribution in [3.05, 3.63) is 0 Å². The van der Waals surface area contributed by atoms with Crippen molar-refractivity contribution in [3.8, 4) is 0 Å². The van der Waals surface area contributed by atoms with Crippen molar-refractivity contribution in [1.82, 2.24) is 0 Å². The van der Waals surface area contributed by atoms with Gasteiger partial charge >= 0.3 is 11.9 Å². The Morgan fingerprint density at radius 2 is 1.77 bits per heavy atom. The van der Waals surface area contributed by atoms with Crippen LogP contribution in [0.3, 0.4) is 0 Å². The molecular formula is C6H7Cl3O4. The maximum Gasteiger partial charge on any atom is 0.359 e. The minimum absolute atomic E-state index is 0.720. The number of rotatable bonds is 2. The Bertz CT molecular complexity index is 210. The van der Waals surface area contributed by atoms with Crippen LogP contribution in [0.1, 0.15) is 6.92 Å². The summed E-state index contributed by atoms with van der Waals surface area (Å²) < 4.78 is 6.56. The Hall–Kier alpha value is -0.190. The number of hydrogen-bond donors (Lipinski definition) is 0. The third kappa shape index (κ3) is 4.55. The molecule has 0 aromatic rings. The van der Waals surface area contributed by atoms with E-state index in [1.54, 1.807) is 0 Å². The van der Waals surface area contributed by atoms with Crippen LogP contribution in [0.25, 0.3) is 0 Å². The van der Waals surface area contributed by atoms with Gasteiger partial charge in [-0.05, 0) is 6.92 Å². The lowest BCUT2D eigenvalue weighted by molar-refractivity contribution is -0.164. The standard InChI is InChI=1S/C6H7Cl3O4/c1-3(4(10)12-2)13-5(11)6(7,8)9/h3H,1-2H3/t3-/m1/s1. The summed E-state index contributed by atoms with van der Waals surface area (Å²) in [5.74, 6) is -1.84. The normalized spacial score (nSPS) is 13.3. The van der Waals surface area contributed by atoms with Crippen LogP contribution in [-0.4, -0.2) is 28.9 Å². The number of esters is 2. The summed E-state index contributed by atoms with van der Waals surface area (Å²) in [5.41, 5.74) is 0. The van der Waals surface area contributed by atoms with Crippen molar-refractivity contribution < 1.29 is 19.1 Å². The number of carbonyl (C=O) groups is 2. The highest BCUT2D eigenvalue weighted by Gasteiger charge is 2.35. The number of hydrogen-bond acceptors (Lipinski definition) is 4. The highest BCUT2D eigenvalue weighted by Crippen LogP contribution is 2.27. The van der Waals surface area contributed by atoms with Crippen LogP contribution in [-0.2, 0) is 19.1 Å². The summed E-state index contributed by atoms with van der Waals surface area (Å²) in [6.07, 6.45) is -1.09. The van der Waals surface area contributed by atoms with Crippen molar-refractivity contribution in [3.63, 3.8) is 0 Å². The summed E-state index contributed by atoms with van der Waals surface area (Å²) in [5, 5.41) is 0. The average molecular weight is 249 g/mol. The number of methoxy groups -OCH3 is 1. The molecule has 7 heteroatoms. The highest BCUT2D eigenvalue weighted by atomic mass is 35.6. The molecule has 0 bridgehead atoms. The predicted octanol–water partition coefficient (Wildman–Crippen LogP) is 1.46. The molecular weight excluding hydrogens is 242 g/mol. The largest absolute Gasteiger partial charge is 0.466 e. The van der Waals surface area contributed by atoms with Gasteiger partial charge < -0.3 is 9.47 Å². The Labute approximate surface area is 90.0 Å². The third-order valence-corrected chi connectivity index (χ3v) is 1.51. The third-order valence-electron chi connectivity index (χ3n) is 1.05. The van der Waals surface area contributed by atoms with Crippen LogP contribution in [0.5, 0.6) is 0 Å². The zero-order valence-electron chi connectivity index (χ0n) is 6.84. The fourth-order valence-corrected chi connectivity index (χ4v) is 0.575. The van der Waals surface area contributed by atoms with Crippen molar-refractivity contribution in [2.75, 3.05) is 7.11 Å². The molecule has 13 heavy (non-hydrogen) atoms. The molecule has 0 radical (unpaired) electrons. The Kier molecular flexibility index (Phi) is 4.81. The molecule has 1 atom stereocenters. The molecule has 0 aromatic heterocycles. The second-order valence-electron chi connectivity index (χ2n) is 2.07. The second kappa shape index (κ2) is 4.88. The Balaban J connectivity index is 4.15.